The van der Waals surface area contributed by atoms with Crippen molar-refractivity contribution in [1.29, 1.82) is 0 Å². The molecule has 0 amide bonds. The second kappa shape index (κ2) is 13.6. The largest absolute Gasteiger partial charge is 0.310 e. The number of fused-ring (bicyclic) bond motifs is 6. The van der Waals surface area contributed by atoms with Gasteiger partial charge in [0.05, 0.1) is 5.41 Å². The lowest BCUT2D eigenvalue weighted by Gasteiger charge is -2.34. The van der Waals surface area contributed by atoms with Crippen molar-refractivity contribution in [2.24, 2.45) is 0 Å². The van der Waals surface area contributed by atoms with Crippen molar-refractivity contribution < 1.29 is 0 Å². The SMILES string of the molecule is c1ccc(-c2ccc(N(c3ccccc3)c3cccc(-c4ccc5c(c4)sc4c(C6(c7ccccc7)c7ccccc7-c7ccccc76)cccc45)c3)cc2)cc1. The topological polar surface area (TPSA) is 3.24 Å². The maximum atomic E-state index is 2.40. The van der Waals surface area contributed by atoms with Gasteiger partial charge in [0.1, 0.15) is 0 Å². The molecule has 1 aliphatic rings. The van der Waals surface area contributed by atoms with E-state index < -0.39 is 5.41 Å². The van der Waals surface area contributed by atoms with Crippen molar-refractivity contribution in [3.63, 3.8) is 0 Å². The molecule has 10 aromatic rings. The monoisotopic (exact) mass is 743 g/mol. The average molecular weight is 744 g/mol. The molecule has 0 bridgehead atoms. The number of nitrogens with zero attached hydrogens (tertiary/aromatic N) is 1. The first kappa shape index (κ1) is 33.3. The van der Waals surface area contributed by atoms with Gasteiger partial charge in [-0.05, 0) is 98.1 Å². The molecule has 0 unspecified atom stereocenters. The first-order valence-electron chi connectivity index (χ1n) is 19.6. The number of rotatable bonds is 7. The summed E-state index contributed by atoms with van der Waals surface area (Å²) in [5.74, 6) is 0. The van der Waals surface area contributed by atoms with Crippen LogP contribution in [0.25, 0.3) is 53.6 Å². The second-order valence-electron chi connectivity index (χ2n) is 14.8. The number of hydrogen-bond acceptors (Lipinski definition) is 2. The Kier molecular flexibility index (Phi) is 7.98. The molecule has 268 valence electrons. The van der Waals surface area contributed by atoms with E-state index in [2.05, 4.69) is 229 Å². The Morgan fingerprint density at radius 3 is 1.56 bits per heavy atom. The minimum atomic E-state index is -0.438. The van der Waals surface area contributed by atoms with Gasteiger partial charge in [0.2, 0.25) is 0 Å². The van der Waals surface area contributed by atoms with Gasteiger partial charge in [-0.3, -0.25) is 0 Å². The highest BCUT2D eigenvalue weighted by Crippen LogP contribution is 2.58. The van der Waals surface area contributed by atoms with Crippen LogP contribution in [-0.4, -0.2) is 0 Å². The molecule has 0 saturated carbocycles. The molecule has 1 heterocycles. The number of thiophene rings is 1. The van der Waals surface area contributed by atoms with E-state index in [1.54, 1.807) is 0 Å². The van der Waals surface area contributed by atoms with Gasteiger partial charge in [-0.2, -0.15) is 0 Å². The fraction of sp³-hybridized carbons (Fsp3) is 0.0182. The molecule has 1 aromatic heterocycles. The molecular formula is C55H37NS. The molecule has 9 aromatic carbocycles. The molecule has 0 radical (unpaired) electrons. The van der Waals surface area contributed by atoms with E-state index in [4.69, 9.17) is 0 Å². The van der Waals surface area contributed by atoms with Crippen LogP contribution in [0, 0.1) is 0 Å². The van der Waals surface area contributed by atoms with Gasteiger partial charge >= 0.3 is 0 Å². The lowest BCUT2D eigenvalue weighted by molar-refractivity contribution is 0.778. The number of anilines is 3. The van der Waals surface area contributed by atoms with E-state index in [0.717, 1.165) is 17.1 Å². The molecule has 0 saturated heterocycles. The van der Waals surface area contributed by atoms with E-state index in [9.17, 15) is 0 Å². The van der Waals surface area contributed by atoms with Gasteiger partial charge in [0.25, 0.3) is 0 Å². The third-order valence-electron chi connectivity index (χ3n) is 11.7. The molecule has 1 aliphatic carbocycles. The van der Waals surface area contributed by atoms with Gasteiger partial charge in [-0.15, -0.1) is 11.3 Å². The summed E-state index contributed by atoms with van der Waals surface area (Å²) in [5, 5.41) is 2.60. The van der Waals surface area contributed by atoms with Crippen LogP contribution in [0.5, 0.6) is 0 Å². The van der Waals surface area contributed by atoms with Crippen LogP contribution in [0.2, 0.25) is 0 Å². The maximum absolute atomic E-state index is 2.40. The molecule has 11 rings (SSSR count). The van der Waals surface area contributed by atoms with Crippen molar-refractivity contribution >= 4 is 48.6 Å². The summed E-state index contributed by atoms with van der Waals surface area (Å²) in [4.78, 5) is 2.35. The predicted molar refractivity (Wildman–Crippen MR) is 242 cm³/mol. The molecular weight excluding hydrogens is 707 g/mol. The summed E-state index contributed by atoms with van der Waals surface area (Å²) in [5.41, 5.74) is 15.7. The number of hydrogen-bond donors (Lipinski definition) is 0. The van der Waals surface area contributed by atoms with Crippen LogP contribution < -0.4 is 4.90 Å². The van der Waals surface area contributed by atoms with Crippen LogP contribution in [0.4, 0.5) is 17.1 Å². The summed E-state index contributed by atoms with van der Waals surface area (Å²) in [7, 11) is 0. The van der Waals surface area contributed by atoms with Crippen LogP contribution >= 0.6 is 11.3 Å². The summed E-state index contributed by atoms with van der Waals surface area (Å²) in [6.45, 7) is 0. The smallest absolute Gasteiger partial charge is 0.0727 e. The maximum Gasteiger partial charge on any atom is 0.0727 e. The zero-order valence-electron chi connectivity index (χ0n) is 31.2. The van der Waals surface area contributed by atoms with Gasteiger partial charge < -0.3 is 4.90 Å². The highest BCUT2D eigenvalue weighted by atomic mass is 32.1. The minimum Gasteiger partial charge on any atom is -0.310 e. The van der Waals surface area contributed by atoms with E-state index in [-0.39, 0.29) is 0 Å². The molecule has 57 heavy (non-hydrogen) atoms. The molecule has 0 aliphatic heterocycles. The third kappa shape index (κ3) is 5.37. The van der Waals surface area contributed by atoms with Crippen LogP contribution in [0.1, 0.15) is 22.3 Å². The Labute approximate surface area is 337 Å². The average Bonchev–Trinajstić information content (AvgIpc) is 3.82. The molecule has 0 N–H and O–H groups in total. The van der Waals surface area contributed by atoms with Crippen LogP contribution in [0.3, 0.4) is 0 Å². The van der Waals surface area contributed by atoms with Gasteiger partial charge in [0.15, 0.2) is 0 Å². The molecule has 1 nitrogen and oxygen atoms in total. The fourth-order valence-corrected chi connectivity index (χ4v) is 10.5. The molecule has 0 atom stereocenters. The fourth-order valence-electron chi connectivity index (χ4n) is 9.24. The van der Waals surface area contributed by atoms with Gasteiger partial charge in [-0.1, -0.05) is 182 Å². The van der Waals surface area contributed by atoms with Crippen molar-refractivity contribution in [2.45, 2.75) is 5.41 Å². The highest BCUT2D eigenvalue weighted by molar-refractivity contribution is 7.26. The highest BCUT2D eigenvalue weighted by Gasteiger charge is 2.46. The minimum absolute atomic E-state index is 0.438. The number of benzene rings is 9. The molecule has 0 fully saturated rings. The van der Waals surface area contributed by atoms with Crippen molar-refractivity contribution in [2.75, 3.05) is 4.90 Å². The van der Waals surface area contributed by atoms with Crippen LogP contribution in [-0.2, 0) is 5.41 Å². The lowest BCUT2D eigenvalue weighted by atomic mass is 9.67. The quantitative estimate of drug-likeness (QED) is 0.157. The molecule has 0 spiro atoms. The summed E-state index contributed by atoms with van der Waals surface area (Å²) < 4.78 is 2.63. The van der Waals surface area contributed by atoms with Crippen molar-refractivity contribution in [3.05, 3.63) is 247 Å². The number of para-hydroxylation sites is 1. The van der Waals surface area contributed by atoms with Gasteiger partial charge in [0, 0.05) is 37.2 Å². The normalized spacial score (nSPS) is 12.7. The van der Waals surface area contributed by atoms with Crippen LogP contribution in [0.15, 0.2) is 224 Å². The van der Waals surface area contributed by atoms with E-state index in [1.807, 2.05) is 11.3 Å². The Balaban J connectivity index is 1.05. The lowest BCUT2D eigenvalue weighted by Crippen LogP contribution is -2.28. The standard InChI is InChI=1S/C55H37NS/c1-4-16-38(17-5-1)39-30-33-44(34-31-39)56(43-21-8-3-9-22-43)45-23-14-18-40(36-45)41-32-35-48-49-26-15-29-52(54(49)57-53(48)37-41)55(42-19-6-2-7-20-42)50-27-12-10-24-46(50)47-25-11-13-28-51(47)55/h1-37H. The zero-order chi connectivity index (χ0) is 37.8. The first-order chi connectivity index (χ1) is 28.3. The van der Waals surface area contributed by atoms with Crippen molar-refractivity contribution in [3.8, 4) is 33.4 Å². The predicted octanol–water partition coefficient (Wildman–Crippen LogP) is 15.2. The molecule has 2 heteroatoms. The van der Waals surface area contributed by atoms with E-state index >= 15 is 0 Å². The Morgan fingerprint density at radius 2 is 0.842 bits per heavy atom. The first-order valence-corrected chi connectivity index (χ1v) is 20.4. The summed E-state index contributed by atoms with van der Waals surface area (Å²) >= 11 is 1.92. The van der Waals surface area contributed by atoms with Crippen molar-refractivity contribution in [1.82, 2.24) is 0 Å². The summed E-state index contributed by atoms with van der Waals surface area (Å²) in [6, 6.07) is 82.2. The van der Waals surface area contributed by atoms with Gasteiger partial charge in [-0.25, -0.2) is 0 Å². The zero-order valence-corrected chi connectivity index (χ0v) is 32.0. The second-order valence-corrected chi connectivity index (χ2v) is 15.9. The summed E-state index contributed by atoms with van der Waals surface area (Å²) in [6.07, 6.45) is 0. The Bertz CT molecular complexity index is 3010. The van der Waals surface area contributed by atoms with E-state index in [1.165, 1.54) is 75.8 Å². The Hall–Kier alpha value is -7.00. The third-order valence-corrected chi connectivity index (χ3v) is 12.9. The Morgan fingerprint density at radius 1 is 0.333 bits per heavy atom. The van der Waals surface area contributed by atoms with E-state index in [0.29, 0.717) is 0 Å².